The molecule has 1 atom stereocenters. The summed E-state index contributed by atoms with van der Waals surface area (Å²) in [5.74, 6) is 0. The first-order valence-corrected chi connectivity index (χ1v) is 7.71. The molecule has 0 amide bonds. The molecule has 0 aliphatic carbocycles. The van der Waals surface area contributed by atoms with Gasteiger partial charge in [0, 0.05) is 0 Å². The van der Waals surface area contributed by atoms with Crippen LogP contribution in [0.2, 0.25) is 0 Å². The van der Waals surface area contributed by atoms with Gasteiger partial charge in [0.05, 0.1) is 0 Å². The van der Waals surface area contributed by atoms with Crippen LogP contribution in [0.3, 0.4) is 0 Å². The van der Waals surface area contributed by atoms with Crippen molar-refractivity contribution < 1.29 is 5.11 Å². The van der Waals surface area contributed by atoms with Gasteiger partial charge in [0.1, 0.15) is 6.10 Å². The molecule has 1 N–H and O–H groups in total. The van der Waals surface area contributed by atoms with E-state index in [1.165, 1.54) is 16.7 Å². The highest BCUT2D eigenvalue weighted by Gasteiger charge is 2.18. The summed E-state index contributed by atoms with van der Waals surface area (Å²) in [6.45, 7) is 10.9. The third-order valence-electron chi connectivity index (χ3n) is 4.74. The van der Waals surface area contributed by atoms with Crippen molar-refractivity contribution in [2.75, 3.05) is 0 Å². The minimum atomic E-state index is -0.553. The standard InChI is InChI=1S/C20H26O/c1-6-20(4,5)18-11-9-16(10-12-18)19(21)17-8-7-14(2)15(3)13-17/h7-13,19,21H,6H2,1-5H3. The molecule has 0 bridgehead atoms. The van der Waals surface area contributed by atoms with Crippen molar-refractivity contribution in [1.29, 1.82) is 0 Å². The van der Waals surface area contributed by atoms with Crippen LogP contribution in [0.5, 0.6) is 0 Å². The van der Waals surface area contributed by atoms with Crippen LogP contribution < -0.4 is 0 Å². The van der Waals surface area contributed by atoms with Crippen molar-refractivity contribution in [2.24, 2.45) is 0 Å². The second-order valence-electron chi connectivity index (χ2n) is 6.61. The second-order valence-corrected chi connectivity index (χ2v) is 6.61. The van der Waals surface area contributed by atoms with E-state index in [1.54, 1.807) is 0 Å². The number of aliphatic hydroxyl groups excluding tert-OH is 1. The van der Waals surface area contributed by atoms with Crippen LogP contribution in [0.25, 0.3) is 0 Å². The predicted molar refractivity (Wildman–Crippen MR) is 89.7 cm³/mol. The number of hydrogen-bond donors (Lipinski definition) is 1. The maximum absolute atomic E-state index is 10.6. The van der Waals surface area contributed by atoms with Gasteiger partial charge in [-0.1, -0.05) is 63.2 Å². The maximum atomic E-state index is 10.6. The van der Waals surface area contributed by atoms with Crippen LogP contribution in [0, 0.1) is 13.8 Å². The summed E-state index contributed by atoms with van der Waals surface area (Å²) in [6.07, 6.45) is 0.551. The average molecular weight is 282 g/mol. The van der Waals surface area contributed by atoms with Crippen molar-refractivity contribution in [3.63, 3.8) is 0 Å². The molecule has 0 saturated carbocycles. The SMILES string of the molecule is CCC(C)(C)c1ccc(C(O)c2ccc(C)c(C)c2)cc1. The van der Waals surface area contributed by atoms with E-state index in [-0.39, 0.29) is 5.41 Å². The van der Waals surface area contributed by atoms with Crippen LogP contribution in [0.1, 0.15) is 61.1 Å². The van der Waals surface area contributed by atoms with Crippen LogP contribution in [-0.4, -0.2) is 5.11 Å². The zero-order valence-corrected chi connectivity index (χ0v) is 13.8. The Morgan fingerprint density at radius 1 is 0.905 bits per heavy atom. The zero-order chi connectivity index (χ0) is 15.6. The van der Waals surface area contributed by atoms with Gasteiger partial charge >= 0.3 is 0 Å². The maximum Gasteiger partial charge on any atom is 0.104 e. The van der Waals surface area contributed by atoms with Gasteiger partial charge in [0.25, 0.3) is 0 Å². The van der Waals surface area contributed by atoms with Gasteiger partial charge in [-0.3, -0.25) is 0 Å². The summed E-state index contributed by atoms with van der Waals surface area (Å²) in [4.78, 5) is 0. The van der Waals surface area contributed by atoms with Crippen molar-refractivity contribution >= 4 is 0 Å². The summed E-state index contributed by atoms with van der Waals surface area (Å²) >= 11 is 0. The van der Waals surface area contributed by atoms with E-state index in [0.29, 0.717) is 0 Å². The lowest BCUT2D eigenvalue weighted by Crippen LogP contribution is -2.15. The molecule has 1 nitrogen and oxygen atoms in total. The van der Waals surface area contributed by atoms with E-state index in [0.717, 1.165) is 17.5 Å². The Hall–Kier alpha value is -1.60. The zero-order valence-electron chi connectivity index (χ0n) is 13.8. The van der Waals surface area contributed by atoms with E-state index >= 15 is 0 Å². The Balaban J connectivity index is 2.27. The van der Waals surface area contributed by atoms with Gasteiger partial charge < -0.3 is 5.11 Å². The minimum absolute atomic E-state index is 0.184. The molecule has 1 unspecified atom stereocenters. The Morgan fingerprint density at radius 2 is 1.48 bits per heavy atom. The number of aryl methyl sites for hydroxylation is 2. The minimum Gasteiger partial charge on any atom is -0.384 e. The lowest BCUT2D eigenvalue weighted by molar-refractivity contribution is 0.220. The molecule has 0 saturated heterocycles. The topological polar surface area (TPSA) is 20.2 Å². The molecule has 1 heteroatoms. The highest BCUT2D eigenvalue weighted by Crippen LogP contribution is 2.29. The molecular formula is C20H26O. The Kier molecular flexibility index (Phi) is 4.53. The van der Waals surface area contributed by atoms with E-state index in [1.807, 2.05) is 18.2 Å². The van der Waals surface area contributed by atoms with Crippen LogP contribution in [0.4, 0.5) is 0 Å². The molecule has 0 heterocycles. The Bertz CT molecular complexity index is 608. The van der Waals surface area contributed by atoms with E-state index in [4.69, 9.17) is 0 Å². The van der Waals surface area contributed by atoms with Crippen molar-refractivity contribution in [3.8, 4) is 0 Å². The fraction of sp³-hybridized carbons (Fsp3) is 0.400. The van der Waals surface area contributed by atoms with Crippen molar-refractivity contribution in [1.82, 2.24) is 0 Å². The fourth-order valence-electron chi connectivity index (χ4n) is 2.45. The predicted octanol–water partition coefficient (Wildman–Crippen LogP) is 5.07. The summed E-state index contributed by atoms with van der Waals surface area (Å²) in [5.41, 5.74) is 5.89. The molecule has 0 fully saturated rings. The smallest absolute Gasteiger partial charge is 0.104 e. The summed E-state index contributed by atoms with van der Waals surface area (Å²) < 4.78 is 0. The molecule has 21 heavy (non-hydrogen) atoms. The lowest BCUT2D eigenvalue weighted by atomic mass is 9.81. The summed E-state index contributed by atoms with van der Waals surface area (Å²) in [7, 11) is 0. The second kappa shape index (κ2) is 6.03. The Labute approximate surface area is 128 Å². The van der Waals surface area contributed by atoms with Crippen LogP contribution >= 0.6 is 0 Å². The van der Waals surface area contributed by atoms with Gasteiger partial charge in [-0.2, -0.15) is 0 Å². The summed E-state index contributed by atoms with van der Waals surface area (Å²) in [6, 6.07) is 14.5. The number of hydrogen-bond acceptors (Lipinski definition) is 1. The average Bonchev–Trinajstić information content (AvgIpc) is 2.49. The molecule has 0 aromatic heterocycles. The molecule has 2 rings (SSSR count). The van der Waals surface area contributed by atoms with Crippen molar-refractivity contribution in [3.05, 3.63) is 70.3 Å². The Morgan fingerprint density at radius 3 is 2.00 bits per heavy atom. The first-order valence-electron chi connectivity index (χ1n) is 7.71. The molecule has 0 spiro atoms. The quantitative estimate of drug-likeness (QED) is 0.829. The number of benzene rings is 2. The monoisotopic (exact) mass is 282 g/mol. The fourth-order valence-corrected chi connectivity index (χ4v) is 2.45. The van der Waals surface area contributed by atoms with E-state index in [2.05, 4.69) is 58.9 Å². The first-order chi connectivity index (χ1) is 9.85. The molecule has 2 aromatic carbocycles. The van der Waals surface area contributed by atoms with Gasteiger partial charge in [-0.15, -0.1) is 0 Å². The third kappa shape index (κ3) is 3.36. The lowest BCUT2D eigenvalue weighted by Gasteiger charge is -2.24. The van der Waals surface area contributed by atoms with E-state index in [9.17, 15) is 5.11 Å². The normalized spacial score (nSPS) is 13.2. The van der Waals surface area contributed by atoms with Gasteiger partial charge in [-0.25, -0.2) is 0 Å². The van der Waals surface area contributed by atoms with E-state index < -0.39 is 6.10 Å². The van der Waals surface area contributed by atoms with Gasteiger partial charge in [0.2, 0.25) is 0 Å². The largest absolute Gasteiger partial charge is 0.384 e. The highest BCUT2D eigenvalue weighted by atomic mass is 16.3. The van der Waals surface area contributed by atoms with Gasteiger partial charge in [0.15, 0.2) is 0 Å². The van der Waals surface area contributed by atoms with Crippen LogP contribution in [-0.2, 0) is 5.41 Å². The number of rotatable bonds is 4. The molecule has 0 aliphatic rings. The van der Waals surface area contributed by atoms with Crippen LogP contribution in [0.15, 0.2) is 42.5 Å². The highest BCUT2D eigenvalue weighted by molar-refractivity contribution is 5.37. The summed E-state index contributed by atoms with van der Waals surface area (Å²) in [5, 5.41) is 10.6. The third-order valence-corrected chi connectivity index (χ3v) is 4.74. The molecule has 0 aliphatic heterocycles. The number of aliphatic hydroxyl groups is 1. The van der Waals surface area contributed by atoms with Gasteiger partial charge in [-0.05, 0) is 53.5 Å². The molecule has 0 radical (unpaired) electrons. The first kappa shape index (κ1) is 15.8. The molecular weight excluding hydrogens is 256 g/mol. The molecule has 2 aromatic rings. The van der Waals surface area contributed by atoms with Crippen molar-refractivity contribution in [2.45, 2.75) is 52.6 Å². The molecule has 112 valence electrons.